The van der Waals surface area contributed by atoms with Crippen LogP contribution < -0.4 is 9.47 Å². The molecule has 2 fully saturated rings. The number of rotatable bonds is 2. The molecular formula is C21H26NO6+. The van der Waals surface area contributed by atoms with Gasteiger partial charge < -0.3 is 23.4 Å². The van der Waals surface area contributed by atoms with Crippen LogP contribution in [0.3, 0.4) is 0 Å². The second kappa shape index (κ2) is 6.11. The van der Waals surface area contributed by atoms with E-state index < -0.39 is 12.2 Å². The predicted molar refractivity (Wildman–Crippen MR) is 97.7 cm³/mol. The third-order valence-corrected chi connectivity index (χ3v) is 6.98. The van der Waals surface area contributed by atoms with Crippen LogP contribution in [-0.2, 0) is 25.6 Å². The molecule has 3 aliphatic heterocycles. The van der Waals surface area contributed by atoms with E-state index in [2.05, 4.69) is 13.1 Å². The van der Waals surface area contributed by atoms with Crippen LogP contribution in [0.15, 0.2) is 12.1 Å². The summed E-state index contributed by atoms with van der Waals surface area (Å²) in [6.45, 7) is 5.06. The number of fused-ring (bicyclic) bond motifs is 3. The van der Waals surface area contributed by atoms with Crippen LogP contribution in [0.4, 0.5) is 0 Å². The summed E-state index contributed by atoms with van der Waals surface area (Å²) in [5, 5.41) is 0. The molecule has 0 spiro atoms. The summed E-state index contributed by atoms with van der Waals surface area (Å²) in [5.74, 6) is 1.23. The molecule has 1 saturated carbocycles. The van der Waals surface area contributed by atoms with Crippen LogP contribution in [0.1, 0.15) is 43.7 Å². The van der Waals surface area contributed by atoms with Crippen LogP contribution in [-0.4, -0.2) is 55.1 Å². The number of likely N-dealkylation sites (N-methyl/N-ethyl adjacent to an activating group) is 1. The van der Waals surface area contributed by atoms with Gasteiger partial charge in [-0.25, -0.2) is 0 Å². The molecule has 3 heterocycles. The number of ether oxygens (including phenoxy) is 4. The van der Waals surface area contributed by atoms with Gasteiger partial charge in [-0.15, -0.1) is 0 Å². The highest BCUT2D eigenvalue weighted by molar-refractivity contribution is 5.67. The second-order valence-corrected chi connectivity index (χ2v) is 8.79. The Bertz CT molecular complexity index is 854. The first-order chi connectivity index (χ1) is 13.4. The van der Waals surface area contributed by atoms with Gasteiger partial charge in [0.1, 0.15) is 18.7 Å². The number of benzene rings is 1. The van der Waals surface area contributed by atoms with Crippen LogP contribution in [0, 0.1) is 5.92 Å². The molecule has 0 N–H and O–H groups in total. The maximum atomic E-state index is 12.0. The number of nitrogens with zero attached hydrogens (tertiary/aromatic N) is 1. The first-order valence-electron chi connectivity index (χ1n) is 9.97. The lowest BCUT2D eigenvalue weighted by Gasteiger charge is -2.52. The third kappa shape index (κ3) is 2.59. The zero-order valence-corrected chi connectivity index (χ0v) is 16.5. The van der Waals surface area contributed by atoms with Crippen LogP contribution in [0.2, 0.25) is 0 Å². The Kier molecular flexibility index (Phi) is 3.88. The van der Waals surface area contributed by atoms with Crippen molar-refractivity contribution in [3.05, 3.63) is 23.3 Å². The first kappa shape index (κ1) is 17.8. The van der Waals surface area contributed by atoms with Gasteiger partial charge in [0, 0.05) is 31.7 Å². The summed E-state index contributed by atoms with van der Waals surface area (Å²) >= 11 is 0. The van der Waals surface area contributed by atoms with Crippen LogP contribution in [0.5, 0.6) is 11.5 Å². The van der Waals surface area contributed by atoms with Crippen molar-refractivity contribution in [1.82, 2.24) is 0 Å². The van der Waals surface area contributed by atoms with Crippen molar-refractivity contribution in [2.45, 2.75) is 57.4 Å². The predicted octanol–water partition coefficient (Wildman–Crippen LogP) is 2.11. The molecule has 7 nitrogen and oxygen atoms in total. The lowest BCUT2D eigenvalue weighted by Crippen LogP contribution is -2.62. The van der Waals surface area contributed by atoms with E-state index >= 15 is 0 Å². The first-order valence-corrected chi connectivity index (χ1v) is 9.97. The lowest BCUT2D eigenvalue weighted by molar-refractivity contribution is -0.940. The van der Waals surface area contributed by atoms with E-state index in [1.165, 1.54) is 19.4 Å². The smallest absolute Gasteiger partial charge is 0.303 e. The quantitative estimate of drug-likeness (QED) is 0.571. The zero-order chi connectivity index (χ0) is 19.6. The zero-order valence-electron chi connectivity index (χ0n) is 16.5. The van der Waals surface area contributed by atoms with Crippen molar-refractivity contribution in [3.63, 3.8) is 0 Å². The van der Waals surface area contributed by atoms with Crippen molar-refractivity contribution in [2.75, 3.05) is 20.4 Å². The van der Waals surface area contributed by atoms with Crippen molar-refractivity contribution in [2.24, 2.45) is 5.92 Å². The number of quaternary nitrogens is 1. The topological polar surface area (TPSA) is 71.1 Å². The minimum absolute atomic E-state index is 0.0299. The number of carbonyl (C=O) groups is 2. The van der Waals surface area contributed by atoms with Gasteiger partial charge in [-0.3, -0.25) is 9.59 Å². The SMILES string of the molecule is CC(=O)O[C@H]1[C@H]2c3cc4c(cc3C[N@@+]3(C)CC[C@H](C[C@@H]1OC(C)=O)[C@H]23)OCO4. The van der Waals surface area contributed by atoms with Gasteiger partial charge >= 0.3 is 11.9 Å². The minimum atomic E-state index is -0.488. The van der Waals surface area contributed by atoms with E-state index in [0.29, 0.717) is 12.0 Å². The summed E-state index contributed by atoms with van der Waals surface area (Å²) in [6.07, 6.45) is 0.920. The molecule has 7 heteroatoms. The number of hydrogen-bond donors (Lipinski definition) is 0. The average Bonchev–Trinajstić information content (AvgIpc) is 3.19. The summed E-state index contributed by atoms with van der Waals surface area (Å²) in [6, 6.07) is 4.46. The van der Waals surface area contributed by atoms with E-state index in [9.17, 15) is 9.59 Å². The van der Waals surface area contributed by atoms with E-state index in [-0.39, 0.29) is 24.6 Å². The van der Waals surface area contributed by atoms with E-state index in [1.54, 1.807) is 0 Å². The second-order valence-electron chi connectivity index (χ2n) is 8.79. The van der Waals surface area contributed by atoms with Gasteiger partial charge in [0.15, 0.2) is 17.6 Å². The molecular weight excluding hydrogens is 362 g/mol. The Morgan fingerprint density at radius 2 is 1.82 bits per heavy atom. The molecule has 28 heavy (non-hydrogen) atoms. The van der Waals surface area contributed by atoms with Crippen molar-refractivity contribution in [1.29, 1.82) is 0 Å². The highest BCUT2D eigenvalue weighted by atomic mass is 16.7. The highest BCUT2D eigenvalue weighted by Gasteiger charge is 2.61. The van der Waals surface area contributed by atoms with Crippen molar-refractivity contribution in [3.8, 4) is 11.5 Å². The fourth-order valence-corrected chi connectivity index (χ4v) is 6.14. The lowest BCUT2D eigenvalue weighted by atomic mass is 9.67. The third-order valence-electron chi connectivity index (χ3n) is 6.98. The van der Waals surface area contributed by atoms with Crippen LogP contribution >= 0.6 is 0 Å². The van der Waals surface area contributed by atoms with Gasteiger partial charge in [-0.2, -0.15) is 0 Å². The Balaban J connectivity index is 1.65. The Morgan fingerprint density at radius 3 is 2.54 bits per heavy atom. The summed E-state index contributed by atoms with van der Waals surface area (Å²) in [5.41, 5.74) is 2.34. The molecule has 5 rings (SSSR count). The van der Waals surface area contributed by atoms with Gasteiger partial charge in [0.25, 0.3) is 0 Å². The summed E-state index contributed by atoms with van der Waals surface area (Å²) < 4.78 is 23.6. The molecule has 1 saturated heterocycles. The monoisotopic (exact) mass is 388 g/mol. The fourth-order valence-electron chi connectivity index (χ4n) is 6.14. The van der Waals surface area contributed by atoms with E-state index in [1.807, 2.05) is 6.07 Å². The molecule has 0 unspecified atom stereocenters. The molecule has 1 aromatic carbocycles. The van der Waals surface area contributed by atoms with Crippen molar-refractivity contribution < 1.29 is 33.0 Å². The number of esters is 2. The Morgan fingerprint density at radius 1 is 1.11 bits per heavy atom. The Labute approximate surface area is 164 Å². The largest absolute Gasteiger partial charge is 0.459 e. The number of carbonyl (C=O) groups excluding carboxylic acids is 2. The summed E-state index contributed by atoms with van der Waals surface area (Å²) in [7, 11) is 2.29. The molecule has 1 aliphatic carbocycles. The molecule has 4 aliphatic rings. The average molecular weight is 388 g/mol. The maximum absolute atomic E-state index is 12.0. The fraction of sp³-hybridized carbons (Fsp3) is 0.619. The molecule has 150 valence electrons. The van der Waals surface area contributed by atoms with Gasteiger partial charge in [0.05, 0.1) is 19.5 Å². The Hall–Kier alpha value is -2.28. The molecule has 0 radical (unpaired) electrons. The van der Waals surface area contributed by atoms with E-state index in [0.717, 1.165) is 47.5 Å². The van der Waals surface area contributed by atoms with Gasteiger partial charge in [-0.05, 0) is 24.1 Å². The molecule has 6 atom stereocenters. The van der Waals surface area contributed by atoms with E-state index in [4.69, 9.17) is 18.9 Å². The molecule has 1 aromatic rings. The van der Waals surface area contributed by atoms with Gasteiger partial charge in [-0.1, -0.05) is 0 Å². The standard InChI is InChI=1S/C21H26NO6/c1-11(23)27-18-6-13-4-5-22(3)9-14-7-16-17(26-10-25-16)8-15(14)19(20(13)22)21(18)28-12(2)24/h7-8,13,18-21H,4-6,9-10H2,1-3H3/q+1/t13-,18+,19+,20-,21-,22-/m1/s1. The van der Waals surface area contributed by atoms with Gasteiger partial charge in [0.2, 0.25) is 6.79 Å². The number of hydrogen-bond acceptors (Lipinski definition) is 6. The minimum Gasteiger partial charge on any atom is -0.459 e. The van der Waals surface area contributed by atoms with Crippen molar-refractivity contribution >= 4 is 11.9 Å². The summed E-state index contributed by atoms with van der Waals surface area (Å²) in [4.78, 5) is 23.7. The molecule has 0 bridgehead atoms. The molecule has 0 amide bonds. The maximum Gasteiger partial charge on any atom is 0.303 e. The van der Waals surface area contributed by atoms with Crippen LogP contribution in [0.25, 0.3) is 0 Å². The molecule has 0 aromatic heterocycles. The normalized spacial score (nSPS) is 37.0. The highest BCUT2D eigenvalue weighted by Crippen LogP contribution is 2.55.